The number of amidine groups is 1. The van der Waals surface area contributed by atoms with Crippen molar-refractivity contribution in [3.05, 3.63) is 42.0 Å². The van der Waals surface area contributed by atoms with Gasteiger partial charge in [0.1, 0.15) is 12.4 Å². The maximum Gasteiger partial charge on any atom is 0.198 e. The molecule has 0 saturated carbocycles. The van der Waals surface area contributed by atoms with Crippen molar-refractivity contribution in [2.75, 3.05) is 19.8 Å². The van der Waals surface area contributed by atoms with Crippen LogP contribution in [0, 0.1) is 5.41 Å². The van der Waals surface area contributed by atoms with Crippen molar-refractivity contribution in [2.24, 2.45) is 15.9 Å². The number of unbranched alkanes of at least 4 members (excludes halogenated alkanes) is 1. The summed E-state index contributed by atoms with van der Waals surface area (Å²) >= 11 is 0. The van der Waals surface area contributed by atoms with Gasteiger partial charge in [-0.05, 0) is 55.2 Å². The van der Waals surface area contributed by atoms with E-state index in [0.29, 0.717) is 12.4 Å². The SMILES string of the molecule is CCCCOc1ccc2cc(C(=N/OCC)/N=C/[C@@H]3CCCN3C(=N)N)ccc2c1. The van der Waals surface area contributed by atoms with Gasteiger partial charge in [-0.2, -0.15) is 0 Å². The summed E-state index contributed by atoms with van der Waals surface area (Å²) in [5, 5.41) is 14.1. The Hall–Kier alpha value is -3.09. The molecule has 1 fully saturated rings. The van der Waals surface area contributed by atoms with E-state index < -0.39 is 0 Å². The van der Waals surface area contributed by atoms with Crippen LogP contribution < -0.4 is 10.5 Å². The fourth-order valence-corrected chi connectivity index (χ4v) is 3.47. The van der Waals surface area contributed by atoms with E-state index in [4.69, 9.17) is 20.7 Å². The number of nitrogens with two attached hydrogens (primary N) is 1. The lowest BCUT2D eigenvalue weighted by Gasteiger charge is -2.21. The number of rotatable bonds is 8. The van der Waals surface area contributed by atoms with E-state index >= 15 is 0 Å². The van der Waals surface area contributed by atoms with Crippen LogP contribution in [0.5, 0.6) is 5.75 Å². The van der Waals surface area contributed by atoms with Crippen LogP contribution in [0.3, 0.4) is 0 Å². The molecule has 3 N–H and O–H groups in total. The summed E-state index contributed by atoms with van der Waals surface area (Å²) < 4.78 is 5.81. The monoisotopic (exact) mass is 409 g/mol. The molecule has 0 unspecified atom stereocenters. The van der Waals surface area contributed by atoms with Gasteiger partial charge in [-0.1, -0.05) is 36.7 Å². The summed E-state index contributed by atoms with van der Waals surface area (Å²) in [5.41, 5.74) is 6.56. The van der Waals surface area contributed by atoms with E-state index in [2.05, 4.69) is 35.3 Å². The van der Waals surface area contributed by atoms with Gasteiger partial charge in [-0.25, -0.2) is 4.99 Å². The van der Waals surface area contributed by atoms with Crippen LogP contribution in [-0.2, 0) is 4.84 Å². The van der Waals surface area contributed by atoms with E-state index in [9.17, 15) is 0 Å². The van der Waals surface area contributed by atoms with Crippen LogP contribution in [-0.4, -0.2) is 48.7 Å². The van der Waals surface area contributed by atoms with Gasteiger partial charge in [-0.3, -0.25) is 5.41 Å². The predicted octanol–water partition coefficient (Wildman–Crippen LogP) is 4.15. The highest BCUT2D eigenvalue weighted by molar-refractivity contribution is 6.05. The van der Waals surface area contributed by atoms with Gasteiger partial charge in [0.05, 0.1) is 12.6 Å². The highest BCUT2D eigenvalue weighted by atomic mass is 16.6. The molecule has 0 bridgehead atoms. The first kappa shape index (κ1) is 21.6. The standard InChI is InChI=1S/C23H31N5O2/c1-3-5-13-29-21-11-10-17-14-19(9-8-18(17)15-21)22(27-30-4-2)26-16-20-7-6-12-28(20)23(24)25/h8-11,14-16,20H,3-7,12-13H2,1-2H3,(H3,24,25)/b26-16+,27-22-/t20-/m0/s1. The lowest BCUT2D eigenvalue weighted by atomic mass is 10.1. The van der Waals surface area contributed by atoms with Gasteiger partial charge in [0.15, 0.2) is 11.8 Å². The molecular weight excluding hydrogens is 378 g/mol. The van der Waals surface area contributed by atoms with Crippen molar-refractivity contribution in [2.45, 2.75) is 45.6 Å². The third-order valence-electron chi connectivity index (χ3n) is 5.09. The van der Waals surface area contributed by atoms with Crippen LogP contribution in [0.15, 0.2) is 46.5 Å². The van der Waals surface area contributed by atoms with Crippen LogP contribution in [0.1, 0.15) is 45.1 Å². The lowest BCUT2D eigenvalue weighted by Crippen LogP contribution is -2.40. The number of nitrogens with zero attached hydrogens (tertiary/aromatic N) is 3. The molecule has 0 aliphatic carbocycles. The normalized spacial score (nSPS) is 17.1. The smallest absolute Gasteiger partial charge is 0.198 e. The van der Waals surface area contributed by atoms with E-state index in [0.717, 1.165) is 60.9 Å². The Morgan fingerprint density at radius 3 is 2.80 bits per heavy atom. The van der Waals surface area contributed by atoms with Crippen molar-refractivity contribution in [1.82, 2.24) is 4.90 Å². The summed E-state index contributed by atoms with van der Waals surface area (Å²) in [7, 11) is 0. The first-order chi connectivity index (χ1) is 14.6. The molecule has 0 radical (unpaired) electrons. The van der Waals surface area contributed by atoms with Gasteiger partial charge in [0, 0.05) is 18.3 Å². The van der Waals surface area contributed by atoms with E-state index in [1.807, 2.05) is 36.2 Å². The molecule has 1 heterocycles. The molecule has 2 aromatic rings. The molecule has 160 valence electrons. The predicted molar refractivity (Wildman–Crippen MR) is 123 cm³/mol. The first-order valence-electron chi connectivity index (χ1n) is 10.6. The molecule has 7 nitrogen and oxygen atoms in total. The lowest BCUT2D eigenvalue weighted by molar-refractivity contribution is 0.158. The van der Waals surface area contributed by atoms with Crippen molar-refractivity contribution >= 4 is 28.8 Å². The Balaban J connectivity index is 1.82. The molecule has 1 saturated heterocycles. The number of fused-ring (bicyclic) bond motifs is 1. The molecule has 1 aliphatic rings. The topological polar surface area (TPSA) is 96.3 Å². The quantitative estimate of drug-likeness (QED) is 0.296. The van der Waals surface area contributed by atoms with Gasteiger partial charge in [-0.15, -0.1) is 0 Å². The summed E-state index contributed by atoms with van der Waals surface area (Å²) in [4.78, 5) is 11.8. The summed E-state index contributed by atoms with van der Waals surface area (Å²) in [6.07, 6.45) is 5.90. The number of ether oxygens (including phenoxy) is 1. The minimum Gasteiger partial charge on any atom is -0.494 e. The van der Waals surface area contributed by atoms with Crippen molar-refractivity contribution in [1.29, 1.82) is 5.41 Å². The Morgan fingerprint density at radius 1 is 1.23 bits per heavy atom. The molecule has 0 amide bonds. The molecule has 30 heavy (non-hydrogen) atoms. The zero-order valence-electron chi connectivity index (χ0n) is 17.8. The molecule has 1 atom stereocenters. The van der Waals surface area contributed by atoms with E-state index in [1.165, 1.54) is 0 Å². The van der Waals surface area contributed by atoms with Gasteiger partial charge in [0.25, 0.3) is 0 Å². The van der Waals surface area contributed by atoms with Gasteiger partial charge in [0.2, 0.25) is 0 Å². The third-order valence-corrected chi connectivity index (χ3v) is 5.09. The molecule has 7 heteroatoms. The molecular formula is C23H31N5O2. The maximum absolute atomic E-state index is 7.72. The number of hydrogen-bond acceptors (Lipinski definition) is 4. The highest BCUT2D eigenvalue weighted by Crippen LogP contribution is 2.23. The molecule has 0 spiro atoms. The summed E-state index contributed by atoms with van der Waals surface area (Å²) in [5.74, 6) is 1.47. The van der Waals surface area contributed by atoms with Crippen LogP contribution in [0.25, 0.3) is 10.8 Å². The molecule has 2 aromatic carbocycles. The van der Waals surface area contributed by atoms with Crippen LogP contribution >= 0.6 is 0 Å². The Kier molecular flexibility index (Phi) is 7.65. The number of hydrogen-bond donors (Lipinski definition) is 2. The molecule has 1 aliphatic heterocycles. The number of likely N-dealkylation sites (tertiary alicyclic amines) is 1. The Bertz CT molecular complexity index is 925. The third kappa shape index (κ3) is 5.49. The van der Waals surface area contributed by atoms with Gasteiger partial charge >= 0.3 is 0 Å². The van der Waals surface area contributed by atoms with Crippen molar-refractivity contribution in [3.8, 4) is 5.75 Å². The second kappa shape index (κ2) is 10.6. The molecule has 0 aromatic heterocycles. The fraction of sp³-hybridized carbons (Fsp3) is 0.435. The average Bonchev–Trinajstić information content (AvgIpc) is 3.23. The largest absolute Gasteiger partial charge is 0.494 e. The van der Waals surface area contributed by atoms with Crippen molar-refractivity contribution < 1.29 is 9.57 Å². The van der Waals surface area contributed by atoms with Crippen molar-refractivity contribution in [3.63, 3.8) is 0 Å². The minimum atomic E-state index is 0.0117. The highest BCUT2D eigenvalue weighted by Gasteiger charge is 2.24. The zero-order valence-corrected chi connectivity index (χ0v) is 17.8. The average molecular weight is 410 g/mol. The molecule has 3 rings (SSSR count). The number of nitrogens with one attached hydrogen (secondary N) is 1. The minimum absolute atomic E-state index is 0.0117. The fourth-order valence-electron chi connectivity index (χ4n) is 3.47. The van der Waals surface area contributed by atoms with E-state index in [-0.39, 0.29) is 12.0 Å². The second-order valence-electron chi connectivity index (χ2n) is 7.32. The number of aliphatic imine (C=N–C) groups is 1. The second-order valence-corrected chi connectivity index (χ2v) is 7.32. The summed E-state index contributed by atoms with van der Waals surface area (Å²) in [6, 6.07) is 12.2. The number of oxime groups is 1. The number of guanidine groups is 1. The van der Waals surface area contributed by atoms with E-state index in [1.54, 1.807) is 0 Å². The maximum atomic E-state index is 7.72. The zero-order chi connectivity index (χ0) is 21.3. The van der Waals surface area contributed by atoms with Crippen LogP contribution in [0.2, 0.25) is 0 Å². The Morgan fingerprint density at radius 2 is 2.03 bits per heavy atom. The summed E-state index contributed by atoms with van der Waals surface area (Å²) in [6.45, 7) is 6.02. The van der Waals surface area contributed by atoms with Crippen LogP contribution in [0.4, 0.5) is 0 Å². The first-order valence-corrected chi connectivity index (χ1v) is 10.6. The van der Waals surface area contributed by atoms with Gasteiger partial charge < -0.3 is 20.2 Å². The number of benzene rings is 2. The Labute approximate surface area is 178 Å².